The van der Waals surface area contributed by atoms with Gasteiger partial charge in [-0.3, -0.25) is 9.59 Å². The van der Waals surface area contributed by atoms with Crippen LogP contribution in [-0.4, -0.2) is 18.2 Å². The molecule has 1 aromatic rings. The van der Waals surface area contributed by atoms with Crippen molar-refractivity contribution in [3.8, 4) is 0 Å². The highest BCUT2D eigenvalue weighted by atomic mass is 16.2. The predicted octanol–water partition coefficient (Wildman–Crippen LogP) is 1.49. The van der Waals surface area contributed by atoms with Crippen molar-refractivity contribution >= 4 is 11.7 Å². The maximum Gasteiger partial charge on any atom is 0.217 e. The Labute approximate surface area is 94.9 Å². The van der Waals surface area contributed by atoms with Crippen LogP contribution in [0.5, 0.6) is 0 Å². The molecule has 84 valence electrons. The summed E-state index contributed by atoms with van der Waals surface area (Å²) in [6.07, 6.45) is 3.37. The number of carbonyl (C=O) groups excluding carboxylic acids is 2. The molecule has 3 heteroatoms. The summed E-state index contributed by atoms with van der Waals surface area (Å²) in [5.74, 6) is -0.195. The Bertz CT molecular complexity index is 438. The summed E-state index contributed by atoms with van der Waals surface area (Å²) in [5.41, 5.74) is 3.35. The van der Waals surface area contributed by atoms with Gasteiger partial charge in [0.25, 0.3) is 0 Å². The van der Waals surface area contributed by atoms with Crippen LogP contribution in [0.15, 0.2) is 18.2 Å². The van der Waals surface area contributed by atoms with Crippen LogP contribution in [-0.2, 0) is 17.6 Å². The van der Waals surface area contributed by atoms with Crippen LogP contribution in [0.4, 0.5) is 0 Å². The SMILES string of the molecule is CC(=O)NCC(=O)c1ccc2c(c1)CCC2. The van der Waals surface area contributed by atoms with E-state index >= 15 is 0 Å². The Kier molecular flexibility index (Phi) is 3.04. The van der Waals surface area contributed by atoms with E-state index in [-0.39, 0.29) is 18.2 Å². The number of ketones is 1. The molecule has 0 atom stereocenters. The van der Waals surface area contributed by atoms with Gasteiger partial charge in [-0.2, -0.15) is 0 Å². The first kappa shape index (κ1) is 10.9. The fourth-order valence-corrected chi connectivity index (χ4v) is 2.05. The second kappa shape index (κ2) is 4.47. The van der Waals surface area contributed by atoms with E-state index in [2.05, 4.69) is 5.32 Å². The number of nitrogens with one attached hydrogen (secondary N) is 1. The summed E-state index contributed by atoms with van der Waals surface area (Å²) in [6, 6.07) is 5.85. The molecule has 16 heavy (non-hydrogen) atoms. The van der Waals surface area contributed by atoms with E-state index in [1.807, 2.05) is 18.2 Å². The van der Waals surface area contributed by atoms with Gasteiger partial charge in [0.2, 0.25) is 5.91 Å². The number of benzene rings is 1. The molecule has 1 aliphatic carbocycles. The van der Waals surface area contributed by atoms with E-state index in [9.17, 15) is 9.59 Å². The van der Waals surface area contributed by atoms with E-state index in [0.29, 0.717) is 5.56 Å². The molecule has 0 bridgehead atoms. The molecule has 0 radical (unpaired) electrons. The van der Waals surface area contributed by atoms with E-state index in [1.165, 1.54) is 24.5 Å². The van der Waals surface area contributed by atoms with Crippen LogP contribution in [0.25, 0.3) is 0 Å². The maximum absolute atomic E-state index is 11.7. The molecule has 0 heterocycles. The highest BCUT2D eigenvalue weighted by Crippen LogP contribution is 2.22. The van der Waals surface area contributed by atoms with Gasteiger partial charge in [0.15, 0.2) is 5.78 Å². The first-order valence-corrected chi connectivity index (χ1v) is 5.56. The number of fused-ring (bicyclic) bond motifs is 1. The van der Waals surface area contributed by atoms with E-state index in [0.717, 1.165) is 12.8 Å². The van der Waals surface area contributed by atoms with Crippen molar-refractivity contribution in [2.24, 2.45) is 0 Å². The first-order valence-electron chi connectivity index (χ1n) is 5.56. The fraction of sp³-hybridized carbons (Fsp3) is 0.385. The van der Waals surface area contributed by atoms with Crippen molar-refractivity contribution in [2.45, 2.75) is 26.2 Å². The van der Waals surface area contributed by atoms with Crippen LogP contribution >= 0.6 is 0 Å². The molecular weight excluding hydrogens is 202 g/mol. The Balaban J connectivity index is 2.09. The fourth-order valence-electron chi connectivity index (χ4n) is 2.05. The molecule has 0 spiro atoms. The molecule has 0 unspecified atom stereocenters. The van der Waals surface area contributed by atoms with E-state index < -0.39 is 0 Å². The highest BCUT2D eigenvalue weighted by molar-refractivity contribution is 5.99. The Morgan fingerprint density at radius 3 is 2.75 bits per heavy atom. The van der Waals surface area contributed by atoms with Crippen LogP contribution in [0.1, 0.15) is 34.8 Å². The van der Waals surface area contributed by atoms with Gasteiger partial charge in [-0.05, 0) is 36.5 Å². The number of hydrogen-bond acceptors (Lipinski definition) is 2. The van der Waals surface area contributed by atoms with E-state index in [1.54, 1.807) is 0 Å². The Morgan fingerprint density at radius 1 is 1.25 bits per heavy atom. The zero-order valence-corrected chi connectivity index (χ0v) is 9.38. The van der Waals surface area contributed by atoms with Gasteiger partial charge in [-0.15, -0.1) is 0 Å². The third kappa shape index (κ3) is 2.30. The summed E-state index contributed by atoms with van der Waals surface area (Å²) in [4.78, 5) is 22.4. The molecule has 1 N–H and O–H groups in total. The van der Waals surface area contributed by atoms with Crippen molar-refractivity contribution in [3.63, 3.8) is 0 Å². The molecule has 0 saturated heterocycles. The van der Waals surface area contributed by atoms with E-state index in [4.69, 9.17) is 0 Å². The quantitative estimate of drug-likeness (QED) is 0.780. The van der Waals surface area contributed by atoms with Crippen LogP contribution in [0, 0.1) is 0 Å². The third-order valence-electron chi connectivity index (χ3n) is 2.92. The number of carbonyl (C=O) groups is 2. The molecule has 0 saturated carbocycles. The Morgan fingerprint density at radius 2 is 2.00 bits per heavy atom. The number of Topliss-reactive ketones (excluding diaryl/α,β-unsaturated/α-hetero) is 1. The normalized spacial score (nSPS) is 13.3. The van der Waals surface area contributed by atoms with Crippen molar-refractivity contribution in [1.29, 1.82) is 0 Å². The van der Waals surface area contributed by atoms with Crippen molar-refractivity contribution in [3.05, 3.63) is 34.9 Å². The maximum atomic E-state index is 11.7. The summed E-state index contributed by atoms with van der Waals surface area (Å²) >= 11 is 0. The lowest BCUT2D eigenvalue weighted by Gasteiger charge is -2.04. The molecule has 1 aliphatic rings. The van der Waals surface area contributed by atoms with Crippen molar-refractivity contribution in [1.82, 2.24) is 5.32 Å². The topological polar surface area (TPSA) is 46.2 Å². The molecule has 0 fully saturated rings. The molecule has 1 amide bonds. The monoisotopic (exact) mass is 217 g/mol. The molecule has 3 nitrogen and oxygen atoms in total. The standard InChI is InChI=1S/C13H15NO2/c1-9(15)14-8-13(16)12-6-5-10-3-2-4-11(10)7-12/h5-7H,2-4,8H2,1H3,(H,14,15). The second-order valence-corrected chi connectivity index (χ2v) is 4.17. The molecule has 0 aliphatic heterocycles. The van der Waals surface area contributed by atoms with Gasteiger partial charge in [-0.1, -0.05) is 12.1 Å². The van der Waals surface area contributed by atoms with Gasteiger partial charge >= 0.3 is 0 Å². The lowest BCUT2D eigenvalue weighted by molar-refractivity contribution is -0.118. The Hall–Kier alpha value is -1.64. The lowest BCUT2D eigenvalue weighted by atomic mass is 10.0. The minimum atomic E-state index is -0.172. The summed E-state index contributed by atoms with van der Waals surface area (Å²) in [6.45, 7) is 1.50. The molecule has 1 aromatic carbocycles. The number of aryl methyl sites for hydroxylation is 2. The van der Waals surface area contributed by atoms with Crippen LogP contribution in [0.2, 0.25) is 0 Å². The average molecular weight is 217 g/mol. The minimum Gasteiger partial charge on any atom is -0.349 e. The predicted molar refractivity (Wildman–Crippen MR) is 61.5 cm³/mol. The largest absolute Gasteiger partial charge is 0.349 e. The third-order valence-corrected chi connectivity index (χ3v) is 2.92. The summed E-state index contributed by atoms with van der Waals surface area (Å²) < 4.78 is 0. The minimum absolute atomic E-state index is 0.0232. The number of rotatable bonds is 3. The highest BCUT2D eigenvalue weighted by Gasteiger charge is 2.13. The molecule has 0 aromatic heterocycles. The van der Waals surface area contributed by atoms with Crippen molar-refractivity contribution in [2.75, 3.05) is 6.54 Å². The van der Waals surface area contributed by atoms with Gasteiger partial charge in [0, 0.05) is 12.5 Å². The molecule has 2 rings (SSSR count). The zero-order chi connectivity index (χ0) is 11.5. The van der Waals surface area contributed by atoms with Crippen molar-refractivity contribution < 1.29 is 9.59 Å². The van der Waals surface area contributed by atoms with Gasteiger partial charge in [0.1, 0.15) is 0 Å². The van der Waals surface area contributed by atoms with Gasteiger partial charge < -0.3 is 5.32 Å². The van der Waals surface area contributed by atoms with Gasteiger partial charge in [-0.25, -0.2) is 0 Å². The lowest BCUT2D eigenvalue weighted by Crippen LogP contribution is -2.27. The summed E-state index contributed by atoms with van der Waals surface area (Å²) in [7, 11) is 0. The molecular formula is C13H15NO2. The van der Waals surface area contributed by atoms with Crippen LogP contribution < -0.4 is 5.32 Å². The summed E-state index contributed by atoms with van der Waals surface area (Å²) in [5, 5.41) is 2.52. The smallest absolute Gasteiger partial charge is 0.217 e. The first-order chi connectivity index (χ1) is 7.66. The van der Waals surface area contributed by atoms with Gasteiger partial charge in [0.05, 0.1) is 6.54 Å². The zero-order valence-electron chi connectivity index (χ0n) is 9.38. The number of amides is 1. The van der Waals surface area contributed by atoms with Crippen LogP contribution in [0.3, 0.4) is 0 Å². The average Bonchev–Trinajstić information content (AvgIpc) is 2.72. The number of hydrogen-bond donors (Lipinski definition) is 1. The second-order valence-electron chi connectivity index (χ2n) is 4.17.